The molecule has 0 saturated carbocycles. The number of piperidine rings is 1. The highest BCUT2D eigenvalue weighted by atomic mass is 16.3. The van der Waals surface area contributed by atoms with Crippen LogP contribution in [0, 0.1) is 6.92 Å². The fraction of sp³-hybridized carbons (Fsp3) is 0.308. The Bertz CT molecular complexity index is 1270. The lowest BCUT2D eigenvalue weighted by Crippen LogP contribution is -2.47. The minimum absolute atomic E-state index is 0.0597. The predicted octanol–water partition coefficient (Wildman–Crippen LogP) is 5.14. The van der Waals surface area contributed by atoms with Crippen LogP contribution in [0.5, 0.6) is 0 Å². The van der Waals surface area contributed by atoms with E-state index in [-0.39, 0.29) is 23.9 Å². The number of fused-ring (bicyclic) bond motifs is 3. The van der Waals surface area contributed by atoms with Crippen molar-refractivity contribution in [3.8, 4) is 11.4 Å². The Morgan fingerprint density at radius 3 is 2.66 bits per heavy atom. The van der Waals surface area contributed by atoms with Crippen molar-refractivity contribution >= 4 is 17.0 Å². The molecule has 0 aliphatic carbocycles. The molecule has 0 radical (unpaired) electrons. The van der Waals surface area contributed by atoms with E-state index in [1.807, 2.05) is 49.4 Å². The maximum atomic E-state index is 14.0. The summed E-state index contributed by atoms with van der Waals surface area (Å²) < 4.78 is 6.13. The Morgan fingerprint density at radius 1 is 1.00 bits per heavy atom. The molecule has 2 fully saturated rings. The number of para-hydroxylation sites is 2. The summed E-state index contributed by atoms with van der Waals surface area (Å²) >= 11 is 0. The summed E-state index contributed by atoms with van der Waals surface area (Å²) in [6, 6.07) is 15.9. The molecular weight excluding hydrogens is 400 g/mol. The second-order valence-corrected chi connectivity index (χ2v) is 8.84. The van der Waals surface area contributed by atoms with Crippen LogP contribution in [0.3, 0.4) is 0 Å². The average Bonchev–Trinajstić information content (AvgIpc) is 3.39. The van der Waals surface area contributed by atoms with Gasteiger partial charge in [-0.05, 0) is 56.9 Å². The van der Waals surface area contributed by atoms with Crippen molar-refractivity contribution in [2.24, 2.45) is 0 Å². The molecule has 3 atom stereocenters. The van der Waals surface area contributed by atoms with Crippen LogP contribution in [0.1, 0.15) is 53.4 Å². The zero-order valence-corrected chi connectivity index (χ0v) is 17.9. The van der Waals surface area contributed by atoms with Gasteiger partial charge in [0.15, 0.2) is 11.4 Å². The summed E-state index contributed by atoms with van der Waals surface area (Å²) in [7, 11) is 0. The van der Waals surface area contributed by atoms with Gasteiger partial charge in [-0.2, -0.15) is 0 Å². The van der Waals surface area contributed by atoms with Crippen molar-refractivity contribution < 1.29 is 9.21 Å². The van der Waals surface area contributed by atoms with Gasteiger partial charge in [-0.1, -0.05) is 29.8 Å². The maximum Gasteiger partial charge on any atom is 0.255 e. The van der Waals surface area contributed by atoms with Crippen molar-refractivity contribution in [2.75, 3.05) is 0 Å². The minimum Gasteiger partial charge on any atom is -0.440 e. The van der Waals surface area contributed by atoms with Gasteiger partial charge < -0.3 is 9.32 Å². The molecule has 6 rings (SSSR count). The van der Waals surface area contributed by atoms with Gasteiger partial charge in [0.05, 0.1) is 11.5 Å². The molecule has 32 heavy (non-hydrogen) atoms. The number of rotatable bonds is 3. The number of aromatic nitrogens is 3. The first-order valence-electron chi connectivity index (χ1n) is 11.3. The largest absolute Gasteiger partial charge is 0.440 e. The highest BCUT2D eigenvalue weighted by Crippen LogP contribution is 2.45. The van der Waals surface area contributed by atoms with Crippen LogP contribution in [0.15, 0.2) is 65.3 Å². The second-order valence-electron chi connectivity index (χ2n) is 8.84. The third-order valence-corrected chi connectivity index (χ3v) is 6.90. The molecule has 4 aromatic rings. The van der Waals surface area contributed by atoms with E-state index in [1.54, 1.807) is 18.5 Å². The maximum absolute atomic E-state index is 14.0. The van der Waals surface area contributed by atoms with E-state index < -0.39 is 0 Å². The molecule has 3 unspecified atom stereocenters. The number of carbonyl (C=O) groups is 1. The molecule has 2 aliphatic rings. The summed E-state index contributed by atoms with van der Waals surface area (Å²) in [5.74, 6) is 1.51. The summed E-state index contributed by atoms with van der Waals surface area (Å²) in [5, 5.41) is 0. The number of oxazole rings is 1. The normalized spacial score (nSPS) is 22.4. The fourth-order valence-corrected chi connectivity index (χ4v) is 5.42. The molecule has 2 aliphatic heterocycles. The Morgan fingerprint density at radius 2 is 1.81 bits per heavy atom. The van der Waals surface area contributed by atoms with Crippen LogP contribution in [0.4, 0.5) is 0 Å². The van der Waals surface area contributed by atoms with E-state index in [1.165, 1.54) is 0 Å². The van der Waals surface area contributed by atoms with Crippen molar-refractivity contribution in [3.63, 3.8) is 0 Å². The van der Waals surface area contributed by atoms with Gasteiger partial charge in [-0.15, -0.1) is 0 Å². The zero-order valence-electron chi connectivity index (χ0n) is 17.9. The Labute approximate surface area is 186 Å². The van der Waals surface area contributed by atoms with Gasteiger partial charge in [0.1, 0.15) is 5.52 Å². The zero-order chi connectivity index (χ0) is 21.7. The smallest absolute Gasteiger partial charge is 0.255 e. The molecule has 2 saturated heterocycles. The molecule has 4 heterocycles. The van der Waals surface area contributed by atoms with E-state index in [0.717, 1.165) is 53.8 Å². The molecule has 160 valence electrons. The highest BCUT2D eigenvalue weighted by Gasteiger charge is 2.47. The topological polar surface area (TPSA) is 72.1 Å². The number of carbonyl (C=O) groups excluding carboxylic acids is 1. The van der Waals surface area contributed by atoms with Gasteiger partial charge in [0.2, 0.25) is 5.89 Å². The molecule has 2 aromatic carbocycles. The van der Waals surface area contributed by atoms with Crippen LogP contribution in [0.2, 0.25) is 0 Å². The molecule has 0 N–H and O–H groups in total. The van der Waals surface area contributed by atoms with Gasteiger partial charge in [0.25, 0.3) is 5.91 Å². The molecular formula is C26H24N4O2. The number of nitrogens with zero attached hydrogens (tertiary/aromatic N) is 4. The van der Waals surface area contributed by atoms with Gasteiger partial charge in [-0.25, -0.2) is 15.0 Å². The van der Waals surface area contributed by atoms with Crippen LogP contribution in [-0.2, 0) is 0 Å². The second kappa shape index (κ2) is 7.55. The first kappa shape index (κ1) is 19.2. The van der Waals surface area contributed by atoms with Crippen LogP contribution in [-0.4, -0.2) is 37.8 Å². The highest BCUT2D eigenvalue weighted by molar-refractivity contribution is 6.01. The van der Waals surface area contributed by atoms with Gasteiger partial charge in [-0.3, -0.25) is 4.79 Å². The lowest BCUT2D eigenvalue weighted by atomic mass is 9.89. The first-order chi connectivity index (χ1) is 15.7. The SMILES string of the molecule is Cc1ccc(-c2ncccn2)c(C(=O)N2C3CCC(c4nc5ccccc5o4)C2CC3)c1. The van der Waals surface area contributed by atoms with Crippen LogP contribution < -0.4 is 0 Å². The number of benzene rings is 2. The average molecular weight is 425 g/mol. The molecule has 1 amide bonds. The van der Waals surface area contributed by atoms with Crippen molar-refractivity contribution in [3.05, 3.63) is 77.9 Å². The Balaban J connectivity index is 1.38. The first-order valence-corrected chi connectivity index (χ1v) is 11.3. The monoisotopic (exact) mass is 424 g/mol. The van der Waals surface area contributed by atoms with Crippen LogP contribution >= 0.6 is 0 Å². The predicted molar refractivity (Wildman–Crippen MR) is 121 cm³/mol. The van der Waals surface area contributed by atoms with Crippen molar-refractivity contribution in [1.82, 2.24) is 19.9 Å². The lowest BCUT2D eigenvalue weighted by Gasteiger charge is -2.39. The van der Waals surface area contributed by atoms with Gasteiger partial charge >= 0.3 is 0 Å². The molecule has 6 nitrogen and oxygen atoms in total. The lowest BCUT2D eigenvalue weighted by molar-refractivity contribution is 0.0542. The van der Waals surface area contributed by atoms with Crippen molar-refractivity contribution in [2.45, 2.75) is 50.6 Å². The van der Waals surface area contributed by atoms with E-state index in [4.69, 9.17) is 9.40 Å². The Kier molecular flexibility index (Phi) is 4.52. The van der Waals surface area contributed by atoms with E-state index >= 15 is 0 Å². The Hall–Kier alpha value is -3.54. The van der Waals surface area contributed by atoms with Crippen LogP contribution in [0.25, 0.3) is 22.5 Å². The third-order valence-electron chi connectivity index (χ3n) is 6.90. The van der Waals surface area contributed by atoms with Crippen molar-refractivity contribution in [1.29, 1.82) is 0 Å². The fourth-order valence-electron chi connectivity index (χ4n) is 5.42. The molecule has 2 aromatic heterocycles. The molecule has 6 heteroatoms. The standard InChI is InChI=1S/C26H24N4O2/c1-16-7-10-18(24-27-13-4-14-28-24)20(15-16)26(31)30-17-8-11-19(22(30)12-9-17)25-29-21-5-2-3-6-23(21)32-25/h2-7,10,13-15,17,19,22H,8-9,11-12H2,1H3. The van der Waals surface area contributed by atoms with Gasteiger partial charge in [0, 0.05) is 30.0 Å². The number of aryl methyl sites for hydroxylation is 1. The number of hydrogen-bond donors (Lipinski definition) is 0. The summed E-state index contributed by atoms with van der Waals surface area (Å²) in [5.41, 5.74) is 4.19. The van der Waals surface area contributed by atoms with E-state index in [2.05, 4.69) is 14.9 Å². The van der Waals surface area contributed by atoms with E-state index in [9.17, 15) is 4.79 Å². The number of amides is 1. The third kappa shape index (κ3) is 3.09. The number of hydrogen-bond acceptors (Lipinski definition) is 5. The van der Waals surface area contributed by atoms with E-state index in [0.29, 0.717) is 11.4 Å². The summed E-state index contributed by atoms with van der Waals surface area (Å²) in [4.78, 5) is 29.7. The minimum atomic E-state index is 0.0597. The quantitative estimate of drug-likeness (QED) is 0.455. The molecule has 0 spiro atoms. The molecule has 2 bridgehead atoms. The summed E-state index contributed by atoms with van der Waals surface area (Å²) in [6.45, 7) is 2.01. The summed E-state index contributed by atoms with van der Waals surface area (Å²) in [6.07, 6.45) is 7.39.